The van der Waals surface area contributed by atoms with Gasteiger partial charge in [-0.1, -0.05) is 18.2 Å². The van der Waals surface area contributed by atoms with Crippen LogP contribution in [0.25, 0.3) is 0 Å². The molecule has 1 heterocycles. The third-order valence-corrected chi connectivity index (χ3v) is 3.79. The lowest BCUT2D eigenvalue weighted by atomic mass is 9.99. The summed E-state index contributed by atoms with van der Waals surface area (Å²) in [6.45, 7) is 3.93. The molecule has 1 aromatic heterocycles. The summed E-state index contributed by atoms with van der Waals surface area (Å²) in [5.41, 5.74) is 6.10. The van der Waals surface area contributed by atoms with Gasteiger partial charge in [-0.15, -0.1) is 0 Å². The number of ketones is 1. The van der Waals surface area contributed by atoms with E-state index in [2.05, 4.69) is 11.1 Å². The van der Waals surface area contributed by atoms with Gasteiger partial charge in [-0.2, -0.15) is 0 Å². The molecule has 1 aliphatic carbocycles. The minimum atomic E-state index is 0.0344. The van der Waals surface area contributed by atoms with Crippen LogP contribution < -0.4 is 0 Å². The Hall–Kier alpha value is -1.96. The molecular formula is C17H17NO. The van der Waals surface area contributed by atoms with Crippen molar-refractivity contribution >= 4 is 5.78 Å². The minimum absolute atomic E-state index is 0.0344. The molecular weight excluding hydrogens is 234 g/mol. The van der Waals surface area contributed by atoms with Crippen LogP contribution in [0.4, 0.5) is 0 Å². The maximum absolute atomic E-state index is 12.5. The Labute approximate surface area is 113 Å². The van der Waals surface area contributed by atoms with E-state index in [9.17, 15) is 4.79 Å². The van der Waals surface area contributed by atoms with E-state index in [1.807, 2.05) is 32.0 Å². The van der Waals surface area contributed by atoms with E-state index < -0.39 is 0 Å². The van der Waals surface area contributed by atoms with Crippen LogP contribution in [0.3, 0.4) is 0 Å². The predicted molar refractivity (Wildman–Crippen MR) is 75.6 cm³/mol. The fourth-order valence-corrected chi connectivity index (χ4v) is 2.80. The van der Waals surface area contributed by atoms with Crippen LogP contribution in [-0.4, -0.2) is 10.8 Å². The molecule has 3 rings (SSSR count). The van der Waals surface area contributed by atoms with E-state index in [1.54, 1.807) is 6.20 Å². The maximum atomic E-state index is 12.5. The van der Waals surface area contributed by atoms with Crippen molar-refractivity contribution in [3.05, 3.63) is 64.0 Å². The highest BCUT2D eigenvalue weighted by molar-refractivity contribution is 6.08. The maximum Gasteiger partial charge on any atom is 0.211 e. The number of benzene rings is 1. The van der Waals surface area contributed by atoms with E-state index >= 15 is 0 Å². The Morgan fingerprint density at radius 1 is 1.11 bits per heavy atom. The van der Waals surface area contributed by atoms with Crippen LogP contribution in [0.1, 0.15) is 44.7 Å². The Kier molecular flexibility index (Phi) is 2.94. The number of hydrogen-bond donors (Lipinski definition) is 0. The van der Waals surface area contributed by atoms with Gasteiger partial charge in [0.15, 0.2) is 0 Å². The molecule has 1 aliphatic rings. The normalized spacial score (nSPS) is 13.4. The van der Waals surface area contributed by atoms with Crippen LogP contribution in [0.2, 0.25) is 0 Å². The van der Waals surface area contributed by atoms with Gasteiger partial charge in [0.1, 0.15) is 5.69 Å². The van der Waals surface area contributed by atoms with E-state index in [4.69, 9.17) is 0 Å². The van der Waals surface area contributed by atoms with Gasteiger partial charge in [0.05, 0.1) is 0 Å². The number of carbonyl (C=O) groups excluding carboxylic acids is 1. The summed E-state index contributed by atoms with van der Waals surface area (Å²) in [6.07, 6.45) is 5.20. The molecule has 2 nitrogen and oxygen atoms in total. The number of carbonyl (C=O) groups is 1. The van der Waals surface area contributed by atoms with Crippen molar-refractivity contribution in [3.8, 4) is 0 Å². The monoisotopic (exact) mass is 251 g/mol. The zero-order valence-electron chi connectivity index (χ0n) is 11.4. The van der Waals surface area contributed by atoms with Crippen LogP contribution in [-0.2, 0) is 12.8 Å². The molecule has 0 bridgehead atoms. The van der Waals surface area contributed by atoms with Gasteiger partial charge in [-0.05, 0) is 61.4 Å². The van der Waals surface area contributed by atoms with E-state index in [0.29, 0.717) is 5.69 Å². The second-order valence-electron chi connectivity index (χ2n) is 5.34. The van der Waals surface area contributed by atoms with Crippen molar-refractivity contribution in [1.29, 1.82) is 0 Å². The molecule has 0 unspecified atom stereocenters. The Morgan fingerprint density at radius 2 is 1.89 bits per heavy atom. The lowest BCUT2D eigenvalue weighted by molar-refractivity contribution is 0.103. The van der Waals surface area contributed by atoms with Crippen LogP contribution in [0.15, 0.2) is 30.5 Å². The summed E-state index contributed by atoms with van der Waals surface area (Å²) in [5.74, 6) is 0.0344. The Balaban J connectivity index is 2.00. The summed E-state index contributed by atoms with van der Waals surface area (Å²) in [4.78, 5) is 16.8. The highest BCUT2D eigenvalue weighted by Gasteiger charge is 2.17. The summed E-state index contributed by atoms with van der Waals surface area (Å²) in [6, 6.07) is 8.09. The molecule has 0 radical (unpaired) electrons. The topological polar surface area (TPSA) is 30.0 Å². The standard InChI is InChI=1S/C17H17NO/c1-11-8-12(2)16(18-10-11)17(19)15-7-6-13-4-3-5-14(13)9-15/h6-10H,3-5H2,1-2H3. The fourth-order valence-electron chi connectivity index (χ4n) is 2.80. The summed E-state index contributed by atoms with van der Waals surface area (Å²) in [7, 11) is 0. The molecule has 0 N–H and O–H groups in total. The van der Waals surface area contributed by atoms with Gasteiger partial charge in [0.25, 0.3) is 0 Å². The largest absolute Gasteiger partial charge is 0.287 e. The van der Waals surface area contributed by atoms with Crippen molar-refractivity contribution < 1.29 is 4.79 Å². The second kappa shape index (κ2) is 4.61. The van der Waals surface area contributed by atoms with Crippen molar-refractivity contribution in [2.75, 3.05) is 0 Å². The highest BCUT2D eigenvalue weighted by atomic mass is 16.1. The smallest absolute Gasteiger partial charge is 0.211 e. The fraction of sp³-hybridized carbons (Fsp3) is 0.294. The summed E-state index contributed by atoms with van der Waals surface area (Å²) < 4.78 is 0. The molecule has 0 spiro atoms. The number of pyridine rings is 1. The van der Waals surface area contributed by atoms with Gasteiger partial charge in [0.2, 0.25) is 5.78 Å². The zero-order chi connectivity index (χ0) is 13.4. The number of nitrogens with zero attached hydrogens (tertiary/aromatic N) is 1. The van der Waals surface area contributed by atoms with E-state index in [0.717, 1.165) is 29.5 Å². The molecule has 96 valence electrons. The first-order valence-electron chi connectivity index (χ1n) is 6.75. The molecule has 1 aromatic carbocycles. The molecule has 0 amide bonds. The summed E-state index contributed by atoms with van der Waals surface area (Å²) >= 11 is 0. The first-order chi connectivity index (χ1) is 9.15. The first kappa shape index (κ1) is 12.1. The van der Waals surface area contributed by atoms with Crippen molar-refractivity contribution in [2.45, 2.75) is 33.1 Å². The van der Waals surface area contributed by atoms with Gasteiger partial charge < -0.3 is 0 Å². The number of hydrogen-bond acceptors (Lipinski definition) is 2. The van der Waals surface area contributed by atoms with Gasteiger partial charge in [-0.3, -0.25) is 9.78 Å². The molecule has 19 heavy (non-hydrogen) atoms. The third kappa shape index (κ3) is 2.19. The first-order valence-corrected chi connectivity index (χ1v) is 6.75. The Morgan fingerprint density at radius 3 is 2.68 bits per heavy atom. The zero-order valence-corrected chi connectivity index (χ0v) is 11.4. The number of aromatic nitrogens is 1. The molecule has 2 heteroatoms. The predicted octanol–water partition coefficient (Wildman–Crippen LogP) is 3.42. The lowest BCUT2D eigenvalue weighted by Gasteiger charge is -2.07. The van der Waals surface area contributed by atoms with Crippen molar-refractivity contribution in [2.24, 2.45) is 0 Å². The quantitative estimate of drug-likeness (QED) is 0.765. The average molecular weight is 251 g/mol. The molecule has 0 saturated carbocycles. The van der Waals surface area contributed by atoms with Crippen molar-refractivity contribution in [1.82, 2.24) is 4.98 Å². The third-order valence-electron chi connectivity index (χ3n) is 3.79. The van der Waals surface area contributed by atoms with E-state index in [1.165, 1.54) is 17.5 Å². The minimum Gasteiger partial charge on any atom is -0.287 e. The average Bonchev–Trinajstić information content (AvgIpc) is 2.85. The number of fused-ring (bicyclic) bond motifs is 1. The molecule has 0 fully saturated rings. The Bertz CT molecular complexity index is 658. The van der Waals surface area contributed by atoms with E-state index in [-0.39, 0.29) is 5.78 Å². The molecule has 0 saturated heterocycles. The van der Waals surface area contributed by atoms with Crippen LogP contribution in [0.5, 0.6) is 0 Å². The van der Waals surface area contributed by atoms with Gasteiger partial charge in [-0.25, -0.2) is 0 Å². The molecule has 0 aliphatic heterocycles. The van der Waals surface area contributed by atoms with Crippen LogP contribution >= 0.6 is 0 Å². The lowest BCUT2D eigenvalue weighted by Crippen LogP contribution is -2.07. The molecule has 2 aromatic rings. The number of rotatable bonds is 2. The van der Waals surface area contributed by atoms with Crippen molar-refractivity contribution in [3.63, 3.8) is 0 Å². The SMILES string of the molecule is Cc1cnc(C(=O)c2ccc3c(c2)CCC3)c(C)c1. The highest BCUT2D eigenvalue weighted by Crippen LogP contribution is 2.24. The molecule has 0 atom stereocenters. The summed E-state index contributed by atoms with van der Waals surface area (Å²) in [5, 5.41) is 0. The number of aryl methyl sites for hydroxylation is 4. The second-order valence-corrected chi connectivity index (χ2v) is 5.34. The van der Waals surface area contributed by atoms with Gasteiger partial charge >= 0.3 is 0 Å². The van der Waals surface area contributed by atoms with Crippen LogP contribution in [0, 0.1) is 13.8 Å². The van der Waals surface area contributed by atoms with Gasteiger partial charge in [0, 0.05) is 11.8 Å².